The molecular formula is C23H22N2O5S. The number of amides is 2. The van der Waals surface area contributed by atoms with Crippen LogP contribution >= 0.6 is 11.3 Å². The first-order valence-electron chi connectivity index (χ1n) is 9.28. The summed E-state index contributed by atoms with van der Waals surface area (Å²) < 4.78 is 15.7. The van der Waals surface area contributed by atoms with Crippen molar-refractivity contribution in [3.8, 4) is 17.2 Å². The average Bonchev–Trinajstić information content (AvgIpc) is 3.31. The van der Waals surface area contributed by atoms with Crippen LogP contribution in [0.4, 0.5) is 5.69 Å². The molecule has 0 saturated carbocycles. The Labute approximate surface area is 184 Å². The summed E-state index contributed by atoms with van der Waals surface area (Å²) in [6.07, 6.45) is 1.62. The van der Waals surface area contributed by atoms with E-state index in [0.29, 0.717) is 28.5 Å². The number of hydrogen-bond acceptors (Lipinski definition) is 6. The minimum Gasteiger partial charge on any atom is -0.497 e. The van der Waals surface area contributed by atoms with Gasteiger partial charge in [-0.1, -0.05) is 6.07 Å². The molecule has 3 rings (SSSR count). The first kappa shape index (κ1) is 21.9. The van der Waals surface area contributed by atoms with Gasteiger partial charge < -0.3 is 24.8 Å². The minimum atomic E-state index is -0.498. The Morgan fingerprint density at radius 2 is 1.61 bits per heavy atom. The van der Waals surface area contributed by atoms with Gasteiger partial charge in [0.2, 0.25) is 0 Å². The summed E-state index contributed by atoms with van der Waals surface area (Å²) in [4.78, 5) is 26.6. The Morgan fingerprint density at radius 3 is 2.23 bits per heavy atom. The molecule has 0 fully saturated rings. The lowest BCUT2D eigenvalue weighted by Gasteiger charge is -2.14. The summed E-state index contributed by atoms with van der Waals surface area (Å²) in [6.45, 7) is 0. The summed E-state index contributed by atoms with van der Waals surface area (Å²) in [5, 5.41) is 7.37. The number of ether oxygens (including phenoxy) is 3. The highest BCUT2D eigenvalue weighted by molar-refractivity contribution is 7.10. The van der Waals surface area contributed by atoms with Gasteiger partial charge in [0.15, 0.2) is 0 Å². The van der Waals surface area contributed by atoms with E-state index in [-0.39, 0.29) is 5.70 Å². The molecule has 0 aliphatic carbocycles. The number of hydrogen-bond donors (Lipinski definition) is 2. The molecule has 1 aromatic heterocycles. The van der Waals surface area contributed by atoms with Crippen LogP contribution in [0.3, 0.4) is 0 Å². The highest BCUT2D eigenvalue weighted by Gasteiger charge is 2.17. The Bertz CT molecular complexity index is 1080. The van der Waals surface area contributed by atoms with Gasteiger partial charge in [0.1, 0.15) is 22.9 Å². The number of carbonyl (C=O) groups is 2. The molecule has 0 spiro atoms. The Hall–Kier alpha value is -3.78. The topological polar surface area (TPSA) is 85.9 Å². The van der Waals surface area contributed by atoms with Crippen molar-refractivity contribution in [1.82, 2.24) is 5.32 Å². The van der Waals surface area contributed by atoms with Gasteiger partial charge in [0.05, 0.1) is 27.0 Å². The highest BCUT2D eigenvalue weighted by Crippen LogP contribution is 2.29. The number of anilines is 1. The molecule has 2 amide bonds. The zero-order valence-corrected chi connectivity index (χ0v) is 18.1. The molecule has 160 valence electrons. The van der Waals surface area contributed by atoms with E-state index in [4.69, 9.17) is 14.2 Å². The average molecular weight is 439 g/mol. The van der Waals surface area contributed by atoms with Crippen molar-refractivity contribution in [3.63, 3.8) is 0 Å². The highest BCUT2D eigenvalue weighted by atomic mass is 32.1. The summed E-state index contributed by atoms with van der Waals surface area (Å²) in [5.74, 6) is 0.738. The monoisotopic (exact) mass is 438 g/mol. The minimum absolute atomic E-state index is 0.0909. The van der Waals surface area contributed by atoms with Gasteiger partial charge >= 0.3 is 0 Å². The number of rotatable bonds is 8. The zero-order valence-electron chi connectivity index (χ0n) is 17.3. The summed E-state index contributed by atoms with van der Waals surface area (Å²) in [5.41, 5.74) is 0.903. The van der Waals surface area contributed by atoms with Crippen molar-refractivity contribution in [3.05, 3.63) is 76.1 Å². The smallest absolute Gasteiger partial charge is 0.272 e. The Balaban J connectivity index is 1.87. The predicted octanol–water partition coefficient (Wildman–Crippen LogP) is 4.18. The second kappa shape index (κ2) is 10.3. The fraction of sp³-hybridized carbons (Fsp3) is 0.130. The van der Waals surface area contributed by atoms with Crippen LogP contribution in [0.25, 0.3) is 6.08 Å². The van der Waals surface area contributed by atoms with Crippen LogP contribution in [0, 0.1) is 0 Å². The first-order chi connectivity index (χ1) is 15.0. The van der Waals surface area contributed by atoms with Crippen molar-refractivity contribution in [2.75, 3.05) is 26.6 Å². The van der Waals surface area contributed by atoms with Crippen LogP contribution in [-0.4, -0.2) is 33.1 Å². The third kappa shape index (κ3) is 5.64. The molecule has 2 aromatic carbocycles. The third-order valence-electron chi connectivity index (χ3n) is 4.33. The van der Waals surface area contributed by atoms with Gasteiger partial charge in [-0.05, 0) is 53.9 Å². The van der Waals surface area contributed by atoms with E-state index in [9.17, 15) is 9.59 Å². The van der Waals surface area contributed by atoms with Gasteiger partial charge in [-0.25, -0.2) is 0 Å². The number of methoxy groups -OCH3 is 3. The molecular weight excluding hydrogens is 416 g/mol. The molecule has 0 saturated heterocycles. The van der Waals surface area contributed by atoms with Crippen molar-refractivity contribution < 1.29 is 23.8 Å². The standard InChI is InChI=1S/C23H22N2O5S/c1-28-16-8-6-15(7-9-16)22(26)25-20(14-18-5-4-12-31-18)23(27)24-19-13-17(29-2)10-11-21(19)30-3/h4-14H,1-3H3,(H,24,27)(H,25,26)/b20-14-. The van der Waals surface area contributed by atoms with E-state index in [1.54, 1.807) is 55.7 Å². The molecule has 0 bridgehead atoms. The van der Waals surface area contributed by atoms with Crippen LogP contribution in [0.15, 0.2) is 65.7 Å². The molecule has 31 heavy (non-hydrogen) atoms. The third-order valence-corrected chi connectivity index (χ3v) is 5.15. The van der Waals surface area contributed by atoms with E-state index in [0.717, 1.165) is 4.88 Å². The van der Waals surface area contributed by atoms with Crippen LogP contribution in [0.2, 0.25) is 0 Å². The van der Waals surface area contributed by atoms with Crippen LogP contribution in [0.1, 0.15) is 15.2 Å². The van der Waals surface area contributed by atoms with Crippen molar-refractivity contribution >= 4 is 34.9 Å². The lowest BCUT2D eigenvalue weighted by Crippen LogP contribution is -2.30. The molecule has 7 nitrogen and oxygen atoms in total. The molecule has 2 N–H and O–H groups in total. The van der Waals surface area contributed by atoms with E-state index >= 15 is 0 Å². The lowest BCUT2D eigenvalue weighted by molar-refractivity contribution is -0.113. The summed E-state index contributed by atoms with van der Waals surface area (Å²) >= 11 is 1.45. The number of benzene rings is 2. The van der Waals surface area contributed by atoms with Crippen molar-refractivity contribution in [2.24, 2.45) is 0 Å². The maximum Gasteiger partial charge on any atom is 0.272 e. The van der Waals surface area contributed by atoms with Crippen LogP contribution in [0.5, 0.6) is 17.2 Å². The molecule has 0 aliphatic heterocycles. The summed E-state index contributed by atoms with van der Waals surface area (Å²) in [7, 11) is 4.59. The first-order valence-corrected chi connectivity index (χ1v) is 10.2. The van der Waals surface area contributed by atoms with Gasteiger partial charge in [-0.3, -0.25) is 9.59 Å². The van der Waals surface area contributed by atoms with E-state index in [1.807, 2.05) is 17.5 Å². The van der Waals surface area contributed by atoms with Crippen molar-refractivity contribution in [2.45, 2.75) is 0 Å². The molecule has 0 aliphatic rings. The number of thiophene rings is 1. The number of nitrogens with one attached hydrogen (secondary N) is 2. The van der Waals surface area contributed by atoms with Gasteiger partial charge in [-0.15, -0.1) is 11.3 Å². The van der Waals surface area contributed by atoms with Crippen LogP contribution in [-0.2, 0) is 4.79 Å². The van der Waals surface area contributed by atoms with Gasteiger partial charge in [-0.2, -0.15) is 0 Å². The fourth-order valence-electron chi connectivity index (χ4n) is 2.71. The largest absolute Gasteiger partial charge is 0.497 e. The molecule has 8 heteroatoms. The van der Waals surface area contributed by atoms with E-state index in [1.165, 1.54) is 25.6 Å². The van der Waals surface area contributed by atoms with E-state index < -0.39 is 11.8 Å². The van der Waals surface area contributed by atoms with Crippen LogP contribution < -0.4 is 24.8 Å². The Kier molecular flexibility index (Phi) is 7.29. The van der Waals surface area contributed by atoms with Gasteiger partial charge in [0, 0.05) is 16.5 Å². The van der Waals surface area contributed by atoms with Gasteiger partial charge in [0.25, 0.3) is 11.8 Å². The predicted molar refractivity (Wildman–Crippen MR) is 121 cm³/mol. The lowest BCUT2D eigenvalue weighted by atomic mass is 10.2. The quantitative estimate of drug-likeness (QED) is 0.515. The molecule has 3 aromatic rings. The second-order valence-corrected chi connectivity index (χ2v) is 7.26. The normalized spacial score (nSPS) is 10.9. The SMILES string of the molecule is COc1ccc(C(=O)N/C(=C\c2cccs2)C(=O)Nc2cc(OC)ccc2OC)cc1. The summed E-state index contributed by atoms with van der Waals surface area (Å²) in [6, 6.07) is 15.4. The Morgan fingerprint density at radius 1 is 0.903 bits per heavy atom. The molecule has 1 heterocycles. The molecule has 0 atom stereocenters. The molecule has 0 unspecified atom stereocenters. The maximum atomic E-state index is 13.1. The van der Waals surface area contributed by atoms with E-state index in [2.05, 4.69) is 10.6 Å². The molecule has 0 radical (unpaired) electrons. The maximum absolute atomic E-state index is 13.1. The second-order valence-electron chi connectivity index (χ2n) is 6.28. The number of carbonyl (C=O) groups excluding carboxylic acids is 2. The fourth-order valence-corrected chi connectivity index (χ4v) is 3.37. The zero-order chi connectivity index (χ0) is 22.2. The van der Waals surface area contributed by atoms with Crippen molar-refractivity contribution in [1.29, 1.82) is 0 Å².